The number of hydrogen-bond donors (Lipinski definition) is 1. The number of carboxylic acids is 1. The Morgan fingerprint density at radius 3 is 2.63 bits per heavy atom. The first-order valence-corrected chi connectivity index (χ1v) is 12.8. The number of thiophene rings is 1. The van der Waals surface area contributed by atoms with Crippen LogP contribution in [0.3, 0.4) is 0 Å². The van der Waals surface area contributed by atoms with Gasteiger partial charge in [0.2, 0.25) is 0 Å². The lowest BCUT2D eigenvalue weighted by Gasteiger charge is -2.15. The first kappa shape index (κ1) is 25.3. The Balaban J connectivity index is 1.51. The van der Waals surface area contributed by atoms with Crippen molar-refractivity contribution in [1.82, 2.24) is 19.5 Å². The maximum absolute atomic E-state index is 13.3. The Bertz CT molecular complexity index is 1870. The predicted molar refractivity (Wildman–Crippen MR) is 145 cm³/mol. The summed E-state index contributed by atoms with van der Waals surface area (Å²) in [5, 5.41) is 21.3. The van der Waals surface area contributed by atoms with Gasteiger partial charge in [0.15, 0.2) is 5.69 Å². The fourth-order valence-corrected chi connectivity index (χ4v) is 5.57. The number of aryl methyl sites for hydroxylation is 3. The summed E-state index contributed by atoms with van der Waals surface area (Å²) in [6, 6.07) is 10.7. The molecule has 5 rings (SSSR count). The number of nitriles is 1. The summed E-state index contributed by atoms with van der Waals surface area (Å²) in [7, 11) is 0. The zero-order valence-electron chi connectivity index (χ0n) is 20.6. The van der Waals surface area contributed by atoms with E-state index in [-0.39, 0.29) is 35.4 Å². The molecule has 0 atom stereocenters. The van der Waals surface area contributed by atoms with E-state index in [1.807, 2.05) is 12.1 Å². The average Bonchev–Trinajstić information content (AvgIpc) is 3.29. The van der Waals surface area contributed by atoms with Crippen LogP contribution in [0.15, 0.2) is 40.5 Å². The Morgan fingerprint density at radius 2 is 1.89 bits per heavy atom. The van der Waals surface area contributed by atoms with Crippen molar-refractivity contribution >= 4 is 50.0 Å². The van der Waals surface area contributed by atoms with Gasteiger partial charge in [0.05, 0.1) is 27.8 Å². The van der Waals surface area contributed by atoms with Gasteiger partial charge in [-0.05, 0) is 51.1 Å². The normalized spacial score (nSPS) is 11.1. The Kier molecular flexibility index (Phi) is 6.57. The monoisotopic (exact) mass is 545 g/mol. The number of rotatable bonds is 6. The second kappa shape index (κ2) is 9.85. The second-order valence-electron chi connectivity index (χ2n) is 8.67. The van der Waals surface area contributed by atoms with Crippen LogP contribution in [-0.2, 0) is 6.54 Å². The van der Waals surface area contributed by atoms with Gasteiger partial charge in [-0.2, -0.15) is 5.26 Å². The molecule has 11 heteroatoms. The van der Waals surface area contributed by atoms with Crippen molar-refractivity contribution in [3.05, 3.63) is 79.6 Å². The van der Waals surface area contributed by atoms with Crippen LogP contribution in [0, 0.1) is 32.1 Å². The van der Waals surface area contributed by atoms with Crippen LogP contribution in [0.4, 0.5) is 0 Å². The molecule has 4 heterocycles. The molecular weight excluding hydrogens is 526 g/mol. The molecule has 0 radical (unpaired) electrons. The van der Waals surface area contributed by atoms with Gasteiger partial charge in [0, 0.05) is 32.9 Å². The van der Waals surface area contributed by atoms with Gasteiger partial charge in [0.25, 0.3) is 5.56 Å². The lowest BCUT2D eigenvalue weighted by molar-refractivity contribution is 0.0699. The van der Waals surface area contributed by atoms with Crippen LogP contribution >= 0.6 is 22.9 Å². The van der Waals surface area contributed by atoms with Gasteiger partial charge < -0.3 is 9.84 Å². The highest BCUT2D eigenvalue weighted by Gasteiger charge is 2.19. The van der Waals surface area contributed by atoms with Gasteiger partial charge in [-0.25, -0.2) is 14.8 Å². The SMILES string of the molecule is Cc1cc2nc(C)n(CCOc3ccc(Cl)cc3-c3cc(C)nc4c(C(=O)O)csc34)c(=O)c2c(C#N)n1. The molecule has 0 aliphatic heterocycles. The second-order valence-corrected chi connectivity index (χ2v) is 9.98. The molecule has 0 spiro atoms. The third-order valence-corrected chi connectivity index (χ3v) is 7.29. The summed E-state index contributed by atoms with van der Waals surface area (Å²) in [5.41, 5.74) is 3.36. The van der Waals surface area contributed by atoms with Crippen molar-refractivity contribution in [2.24, 2.45) is 0 Å². The Hall–Kier alpha value is -4.33. The van der Waals surface area contributed by atoms with Gasteiger partial charge in [-0.15, -0.1) is 11.3 Å². The van der Waals surface area contributed by atoms with E-state index in [9.17, 15) is 20.0 Å². The van der Waals surface area contributed by atoms with E-state index in [1.54, 1.807) is 50.4 Å². The lowest BCUT2D eigenvalue weighted by Crippen LogP contribution is -2.27. The first-order chi connectivity index (χ1) is 18.2. The molecule has 0 unspecified atom stereocenters. The maximum Gasteiger partial charge on any atom is 0.338 e. The van der Waals surface area contributed by atoms with Crippen molar-refractivity contribution in [2.75, 3.05) is 6.61 Å². The molecule has 0 saturated heterocycles. The molecule has 0 bridgehead atoms. The number of halogens is 1. The van der Waals surface area contributed by atoms with E-state index in [2.05, 4.69) is 15.0 Å². The fraction of sp³-hybridized carbons (Fsp3) is 0.185. The van der Waals surface area contributed by atoms with E-state index in [1.165, 1.54) is 15.9 Å². The number of aromatic carboxylic acids is 1. The molecule has 0 amide bonds. The Labute approximate surface area is 225 Å². The van der Waals surface area contributed by atoms with Gasteiger partial charge in [-0.1, -0.05) is 11.6 Å². The molecule has 4 aromatic heterocycles. The summed E-state index contributed by atoms with van der Waals surface area (Å²) < 4.78 is 8.30. The quantitative estimate of drug-likeness (QED) is 0.304. The summed E-state index contributed by atoms with van der Waals surface area (Å²) in [5.74, 6) is -0.0400. The topological polar surface area (TPSA) is 131 Å². The van der Waals surface area contributed by atoms with Gasteiger partial charge in [-0.3, -0.25) is 14.3 Å². The van der Waals surface area contributed by atoms with Crippen LogP contribution in [0.2, 0.25) is 5.02 Å². The molecule has 0 saturated carbocycles. The fourth-order valence-electron chi connectivity index (χ4n) is 4.39. The first-order valence-electron chi connectivity index (χ1n) is 11.5. The van der Waals surface area contributed by atoms with Crippen molar-refractivity contribution in [3.8, 4) is 22.9 Å². The standard InChI is InChI=1S/C27H20ClN5O4S/c1-13-8-18(25-24(31-13)19(12-38-25)27(35)36)17-10-16(28)4-5-22(17)37-7-6-33-15(3)32-20-9-14(2)30-21(11-29)23(20)26(33)34/h4-5,8-10,12H,6-7H2,1-3H3,(H,35,36). The van der Waals surface area contributed by atoms with E-state index >= 15 is 0 Å². The maximum atomic E-state index is 13.3. The van der Waals surface area contributed by atoms with Crippen LogP contribution in [0.1, 0.15) is 33.3 Å². The van der Waals surface area contributed by atoms with Crippen molar-refractivity contribution in [3.63, 3.8) is 0 Å². The molecule has 9 nitrogen and oxygen atoms in total. The summed E-state index contributed by atoms with van der Waals surface area (Å²) in [4.78, 5) is 38.1. The number of nitrogens with zero attached hydrogens (tertiary/aromatic N) is 5. The number of ether oxygens (including phenoxy) is 1. The van der Waals surface area contributed by atoms with E-state index < -0.39 is 5.97 Å². The number of pyridine rings is 2. The van der Waals surface area contributed by atoms with Crippen molar-refractivity contribution < 1.29 is 14.6 Å². The Morgan fingerprint density at radius 1 is 1.13 bits per heavy atom. The van der Waals surface area contributed by atoms with Crippen molar-refractivity contribution in [1.29, 1.82) is 5.26 Å². The number of benzene rings is 1. The zero-order valence-corrected chi connectivity index (χ0v) is 22.1. The molecule has 1 N–H and O–H groups in total. The molecule has 38 heavy (non-hydrogen) atoms. The summed E-state index contributed by atoms with van der Waals surface area (Å²) >= 11 is 7.62. The highest BCUT2D eigenvalue weighted by atomic mass is 35.5. The van der Waals surface area contributed by atoms with Gasteiger partial charge in [0.1, 0.15) is 29.6 Å². The largest absolute Gasteiger partial charge is 0.491 e. The molecular formula is C27H20ClN5O4S. The lowest BCUT2D eigenvalue weighted by atomic mass is 10.0. The number of hydrogen-bond acceptors (Lipinski definition) is 8. The summed E-state index contributed by atoms with van der Waals surface area (Å²) in [6.07, 6.45) is 0. The minimum atomic E-state index is -1.04. The van der Waals surface area contributed by atoms with E-state index in [4.69, 9.17) is 16.3 Å². The van der Waals surface area contributed by atoms with E-state index in [0.29, 0.717) is 49.3 Å². The zero-order chi connectivity index (χ0) is 27.1. The van der Waals surface area contributed by atoms with Crippen LogP contribution in [0.25, 0.3) is 32.2 Å². The van der Waals surface area contributed by atoms with Crippen LogP contribution in [-0.4, -0.2) is 37.2 Å². The smallest absolute Gasteiger partial charge is 0.338 e. The highest BCUT2D eigenvalue weighted by Crippen LogP contribution is 2.40. The molecule has 1 aromatic carbocycles. The van der Waals surface area contributed by atoms with E-state index in [0.717, 1.165) is 5.56 Å². The van der Waals surface area contributed by atoms with Gasteiger partial charge >= 0.3 is 5.97 Å². The molecule has 0 aliphatic rings. The van der Waals surface area contributed by atoms with Crippen LogP contribution < -0.4 is 10.3 Å². The van der Waals surface area contributed by atoms with Crippen LogP contribution in [0.5, 0.6) is 5.75 Å². The highest BCUT2D eigenvalue weighted by molar-refractivity contribution is 7.18. The molecule has 5 aromatic rings. The molecule has 0 fully saturated rings. The third kappa shape index (κ3) is 4.47. The summed E-state index contributed by atoms with van der Waals surface area (Å²) in [6.45, 7) is 5.58. The molecule has 0 aliphatic carbocycles. The average molecular weight is 546 g/mol. The third-order valence-electron chi connectivity index (χ3n) is 6.05. The number of carboxylic acid groups (broad SMARTS) is 1. The number of aromatic nitrogens is 4. The number of fused-ring (bicyclic) bond motifs is 2. The van der Waals surface area contributed by atoms with Crippen molar-refractivity contribution in [2.45, 2.75) is 27.3 Å². The number of carbonyl (C=O) groups is 1. The predicted octanol–water partition coefficient (Wildman–Crippen LogP) is 5.30. The molecule has 190 valence electrons. The minimum Gasteiger partial charge on any atom is -0.491 e. The minimum absolute atomic E-state index is 0.0425.